The van der Waals surface area contributed by atoms with Crippen molar-refractivity contribution < 1.29 is 19.1 Å². The summed E-state index contributed by atoms with van der Waals surface area (Å²) in [6, 6.07) is 7.72. The minimum Gasteiger partial charge on any atom is -0.444 e. The number of nitrogens with zero attached hydrogens (tertiary/aromatic N) is 3. The fraction of sp³-hybridized carbons (Fsp3) is 0.560. The quantitative estimate of drug-likeness (QED) is 0.687. The van der Waals surface area contributed by atoms with Gasteiger partial charge in [0.1, 0.15) is 22.7 Å². The first-order valence-corrected chi connectivity index (χ1v) is 11.8. The van der Waals surface area contributed by atoms with E-state index in [9.17, 15) is 9.59 Å². The fourth-order valence-corrected chi connectivity index (χ4v) is 5.23. The molecule has 1 aliphatic heterocycles. The Morgan fingerprint density at radius 1 is 1.21 bits per heavy atom. The summed E-state index contributed by atoms with van der Waals surface area (Å²) in [7, 11) is 1.64. The van der Waals surface area contributed by atoms with Gasteiger partial charge in [0, 0.05) is 25.8 Å². The largest absolute Gasteiger partial charge is 0.444 e. The summed E-state index contributed by atoms with van der Waals surface area (Å²) in [6.07, 6.45) is 3.39. The van der Waals surface area contributed by atoms with E-state index in [0.29, 0.717) is 31.2 Å². The molecule has 4 N–H and O–H groups in total. The van der Waals surface area contributed by atoms with Gasteiger partial charge in [-0.2, -0.15) is 5.10 Å². The van der Waals surface area contributed by atoms with Crippen molar-refractivity contribution in [3.05, 3.63) is 35.4 Å². The Kier molecular flexibility index (Phi) is 6.33. The maximum Gasteiger partial charge on any atom is 0.410 e. The number of benzene rings is 1. The van der Waals surface area contributed by atoms with Gasteiger partial charge < -0.3 is 25.8 Å². The van der Waals surface area contributed by atoms with Crippen molar-refractivity contribution in [2.45, 2.75) is 64.7 Å². The van der Waals surface area contributed by atoms with Gasteiger partial charge in [0.2, 0.25) is 0 Å². The average molecular weight is 470 g/mol. The van der Waals surface area contributed by atoms with Crippen LogP contribution in [-0.2, 0) is 16.1 Å². The van der Waals surface area contributed by atoms with Gasteiger partial charge in [0.25, 0.3) is 5.91 Å². The van der Waals surface area contributed by atoms with Gasteiger partial charge in [0.15, 0.2) is 0 Å². The summed E-state index contributed by atoms with van der Waals surface area (Å²) in [6.45, 7) is 7.51. The number of hydrogen-bond acceptors (Lipinski definition) is 6. The van der Waals surface area contributed by atoms with Crippen molar-refractivity contribution in [1.29, 1.82) is 0 Å². The summed E-state index contributed by atoms with van der Waals surface area (Å²) >= 11 is 0. The van der Waals surface area contributed by atoms with Crippen LogP contribution >= 0.6 is 0 Å². The molecule has 1 aromatic carbocycles. The lowest BCUT2D eigenvalue weighted by Crippen LogP contribution is -2.53. The van der Waals surface area contributed by atoms with E-state index in [1.165, 1.54) is 0 Å². The third-order valence-corrected chi connectivity index (χ3v) is 6.73. The van der Waals surface area contributed by atoms with Gasteiger partial charge >= 0.3 is 6.09 Å². The average Bonchev–Trinajstić information content (AvgIpc) is 3.08. The lowest BCUT2D eigenvalue weighted by molar-refractivity contribution is -0.0360. The monoisotopic (exact) mass is 469 g/mol. The predicted octanol–water partition coefficient (Wildman–Crippen LogP) is 3.73. The standard InChI is InChI=1S/C25H35N5O4/c1-24(2,3)34-23(32)29-11-5-10-25(15-29)12-18(13-25)30-21(26)19(22(27)31)20(28-30)17-8-6-16(7-9-17)14-33-4/h6-9,18H,5,10-15,26H2,1-4H3,(H2,27,31)/t18-,25-. The molecular weight excluding hydrogens is 434 g/mol. The predicted molar refractivity (Wildman–Crippen MR) is 129 cm³/mol. The molecule has 9 nitrogen and oxygen atoms in total. The minimum absolute atomic E-state index is 0.0209. The van der Waals surface area contributed by atoms with Crippen LogP contribution in [0.5, 0.6) is 0 Å². The van der Waals surface area contributed by atoms with Gasteiger partial charge in [-0.25, -0.2) is 9.48 Å². The maximum atomic E-state index is 12.6. The van der Waals surface area contributed by atoms with Crippen LogP contribution in [0, 0.1) is 5.41 Å². The lowest BCUT2D eigenvalue weighted by atomic mass is 9.61. The highest BCUT2D eigenvalue weighted by Crippen LogP contribution is 2.54. The number of likely N-dealkylation sites (tertiary alicyclic amines) is 1. The second kappa shape index (κ2) is 8.94. The number of nitrogens with two attached hydrogens (primary N) is 2. The van der Waals surface area contributed by atoms with Crippen molar-refractivity contribution in [1.82, 2.24) is 14.7 Å². The molecule has 2 fully saturated rings. The summed E-state index contributed by atoms with van der Waals surface area (Å²) < 4.78 is 12.5. The van der Waals surface area contributed by atoms with Crippen molar-refractivity contribution >= 4 is 17.8 Å². The zero-order valence-corrected chi connectivity index (χ0v) is 20.5. The number of aromatic nitrogens is 2. The first-order chi connectivity index (χ1) is 16.0. The van der Waals surface area contributed by atoms with Crippen LogP contribution in [-0.4, -0.2) is 52.5 Å². The molecule has 1 spiro atoms. The molecule has 4 rings (SSSR count). The summed E-state index contributed by atoms with van der Waals surface area (Å²) in [4.78, 5) is 26.7. The van der Waals surface area contributed by atoms with Gasteiger partial charge in [-0.1, -0.05) is 24.3 Å². The number of ether oxygens (including phenoxy) is 2. The van der Waals surface area contributed by atoms with Crippen molar-refractivity contribution in [3.8, 4) is 11.3 Å². The highest BCUT2D eigenvalue weighted by atomic mass is 16.6. The normalized spacial score (nSPS) is 22.5. The number of carbonyl (C=O) groups is 2. The Bertz CT molecular complexity index is 1060. The van der Waals surface area contributed by atoms with Gasteiger partial charge in [-0.05, 0) is 57.4 Å². The van der Waals surface area contributed by atoms with E-state index in [0.717, 1.165) is 36.8 Å². The van der Waals surface area contributed by atoms with Gasteiger partial charge in [-0.15, -0.1) is 0 Å². The molecule has 2 aromatic rings. The number of methoxy groups -OCH3 is 1. The van der Waals surface area contributed by atoms with Gasteiger partial charge in [-0.3, -0.25) is 4.79 Å². The number of rotatable bonds is 5. The molecule has 2 amide bonds. The van der Waals surface area contributed by atoms with E-state index >= 15 is 0 Å². The molecule has 2 heterocycles. The Labute approximate surface area is 200 Å². The van der Waals surface area contributed by atoms with E-state index in [-0.39, 0.29) is 23.1 Å². The topological polar surface area (TPSA) is 126 Å². The van der Waals surface area contributed by atoms with Crippen molar-refractivity contribution in [3.63, 3.8) is 0 Å². The Morgan fingerprint density at radius 3 is 2.47 bits per heavy atom. The zero-order valence-electron chi connectivity index (χ0n) is 20.5. The van der Waals surface area contributed by atoms with Crippen LogP contribution in [0.3, 0.4) is 0 Å². The van der Waals surface area contributed by atoms with E-state index in [1.807, 2.05) is 49.9 Å². The SMILES string of the molecule is COCc1ccc(-c2nn([C@H]3C[C@@]4(CCCN(C(=O)OC(C)(C)C)C4)C3)c(N)c2C(N)=O)cc1. The zero-order chi connectivity index (χ0) is 24.7. The van der Waals surface area contributed by atoms with Crippen molar-refractivity contribution in [2.75, 3.05) is 25.9 Å². The molecule has 1 aromatic heterocycles. The number of nitrogen functional groups attached to an aromatic ring is 1. The Morgan fingerprint density at radius 2 is 1.88 bits per heavy atom. The van der Waals surface area contributed by atoms with Gasteiger partial charge in [0.05, 0.1) is 12.6 Å². The van der Waals surface area contributed by atoms with Crippen LogP contribution in [0.4, 0.5) is 10.6 Å². The van der Waals surface area contributed by atoms with Crippen LogP contribution in [0.1, 0.15) is 68.4 Å². The first-order valence-electron chi connectivity index (χ1n) is 11.8. The van der Waals surface area contributed by atoms with E-state index in [2.05, 4.69) is 0 Å². The maximum absolute atomic E-state index is 12.6. The summed E-state index contributed by atoms with van der Waals surface area (Å²) in [5.41, 5.74) is 14.1. The molecule has 2 aliphatic rings. The van der Waals surface area contributed by atoms with Crippen LogP contribution in [0.2, 0.25) is 0 Å². The second-order valence-electron chi connectivity index (χ2n) is 10.6. The molecule has 1 aliphatic carbocycles. The first kappa shape index (κ1) is 24.1. The number of amides is 2. The molecule has 9 heteroatoms. The smallest absolute Gasteiger partial charge is 0.410 e. The third kappa shape index (κ3) is 4.75. The molecule has 0 bridgehead atoms. The molecular formula is C25H35N5O4. The second-order valence-corrected chi connectivity index (χ2v) is 10.6. The Hall–Kier alpha value is -3.07. The number of anilines is 1. The number of piperidine rings is 1. The molecule has 1 saturated heterocycles. The van der Waals surface area contributed by atoms with E-state index in [1.54, 1.807) is 11.8 Å². The number of primary amides is 1. The van der Waals surface area contributed by atoms with Crippen molar-refractivity contribution in [2.24, 2.45) is 11.1 Å². The number of hydrogen-bond donors (Lipinski definition) is 2. The molecule has 0 radical (unpaired) electrons. The summed E-state index contributed by atoms with van der Waals surface area (Å²) in [5, 5.41) is 4.73. The molecule has 184 valence electrons. The lowest BCUT2D eigenvalue weighted by Gasteiger charge is -2.52. The molecule has 0 unspecified atom stereocenters. The molecule has 0 atom stereocenters. The van der Waals surface area contributed by atoms with Crippen LogP contribution in [0.15, 0.2) is 24.3 Å². The Balaban J connectivity index is 1.52. The fourth-order valence-electron chi connectivity index (χ4n) is 5.23. The molecule has 34 heavy (non-hydrogen) atoms. The molecule has 1 saturated carbocycles. The van der Waals surface area contributed by atoms with Crippen LogP contribution in [0.25, 0.3) is 11.3 Å². The highest BCUT2D eigenvalue weighted by molar-refractivity contribution is 6.03. The van der Waals surface area contributed by atoms with E-state index < -0.39 is 11.5 Å². The minimum atomic E-state index is -0.595. The van der Waals surface area contributed by atoms with E-state index in [4.69, 9.17) is 26.0 Å². The third-order valence-electron chi connectivity index (χ3n) is 6.73. The summed E-state index contributed by atoms with van der Waals surface area (Å²) in [5.74, 6) is -0.300. The number of carbonyl (C=O) groups excluding carboxylic acids is 2. The van der Waals surface area contributed by atoms with Crippen LogP contribution < -0.4 is 11.5 Å². The highest BCUT2D eigenvalue weighted by Gasteiger charge is 2.49.